The maximum atomic E-state index is 12.7. The first kappa shape index (κ1) is 53.5. The number of hydrogen-bond donors (Lipinski definition) is 5. The second-order valence-corrected chi connectivity index (χ2v) is 16.6. The van der Waals surface area contributed by atoms with Gasteiger partial charge in [-0.25, -0.2) is 4.57 Å². The number of ketones is 1. The molecule has 0 radical (unpaired) electrons. The second-order valence-electron chi connectivity index (χ2n) is 15.1. The van der Waals surface area contributed by atoms with E-state index in [1.165, 1.54) is 19.3 Å². The van der Waals surface area contributed by atoms with Crippen LogP contribution in [0, 0.1) is 11.8 Å². The molecule has 0 bridgehead atoms. The summed E-state index contributed by atoms with van der Waals surface area (Å²) in [5, 5.41) is 39.0. The van der Waals surface area contributed by atoms with Crippen LogP contribution in [0.3, 0.4) is 0 Å². The Balaban J connectivity index is 2.51. The third-order valence-electron chi connectivity index (χ3n) is 9.82. The molecule has 58 heavy (non-hydrogen) atoms. The predicted molar refractivity (Wildman–Crippen MR) is 225 cm³/mol. The number of rotatable bonds is 36. The van der Waals surface area contributed by atoms with Crippen molar-refractivity contribution < 1.29 is 62.8 Å². The van der Waals surface area contributed by atoms with Crippen molar-refractivity contribution in [2.45, 2.75) is 173 Å². The maximum Gasteiger partial charge on any atom is 0.472 e. The summed E-state index contributed by atoms with van der Waals surface area (Å²) in [5.41, 5.74) is 0. The summed E-state index contributed by atoms with van der Waals surface area (Å²) in [6.07, 6.45) is 28.7. The van der Waals surface area contributed by atoms with E-state index in [9.17, 15) is 39.2 Å². The van der Waals surface area contributed by atoms with Crippen molar-refractivity contribution in [3.8, 4) is 0 Å². The average Bonchev–Trinajstić information content (AvgIpc) is 3.47. The monoisotopic (exact) mass is 842 g/mol. The number of ether oxygens (including phenoxy) is 2. The van der Waals surface area contributed by atoms with Crippen LogP contribution in [0.25, 0.3) is 0 Å². The summed E-state index contributed by atoms with van der Waals surface area (Å²) < 4.78 is 32.6. The van der Waals surface area contributed by atoms with E-state index < -0.39 is 76.5 Å². The Morgan fingerprint density at radius 1 is 0.776 bits per heavy atom. The third-order valence-corrected chi connectivity index (χ3v) is 10.8. The van der Waals surface area contributed by atoms with Crippen molar-refractivity contribution in [3.05, 3.63) is 48.6 Å². The molecule has 5 N–H and O–H groups in total. The van der Waals surface area contributed by atoms with Gasteiger partial charge in [-0.3, -0.25) is 23.4 Å². The van der Waals surface area contributed by atoms with Gasteiger partial charge >= 0.3 is 19.8 Å². The van der Waals surface area contributed by atoms with Crippen LogP contribution in [0.4, 0.5) is 0 Å². The first-order valence-electron chi connectivity index (χ1n) is 21.7. The summed E-state index contributed by atoms with van der Waals surface area (Å²) in [4.78, 5) is 47.7. The van der Waals surface area contributed by atoms with Gasteiger partial charge in [0.25, 0.3) is 0 Å². The van der Waals surface area contributed by atoms with Crippen LogP contribution in [-0.2, 0) is 37.5 Å². The molecule has 0 spiro atoms. The first-order valence-corrected chi connectivity index (χ1v) is 23.2. The summed E-state index contributed by atoms with van der Waals surface area (Å²) in [6, 6.07) is 0. The minimum absolute atomic E-state index is 0.0148. The highest BCUT2D eigenvalue weighted by molar-refractivity contribution is 7.47. The number of phosphoric ester groups is 1. The number of carbonyl (C=O) groups excluding carboxylic acids is 3. The minimum Gasteiger partial charge on any atom is -0.462 e. The first-order chi connectivity index (χ1) is 27.9. The van der Waals surface area contributed by atoms with E-state index in [1.807, 2.05) is 12.2 Å². The average molecular weight is 843 g/mol. The number of phosphoric acid groups is 1. The Kier molecular flexibility index (Phi) is 31.6. The molecule has 0 aliphatic heterocycles. The number of carbonyl (C=O) groups is 3. The summed E-state index contributed by atoms with van der Waals surface area (Å²) in [5.74, 6) is -1.94. The van der Waals surface area contributed by atoms with Gasteiger partial charge in [0.2, 0.25) is 0 Å². The van der Waals surface area contributed by atoms with Crippen molar-refractivity contribution >= 4 is 25.5 Å². The number of Topliss-reactive ketones (excluding diaryl/α,β-unsaturated/α-hetero) is 1. The van der Waals surface area contributed by atoms with Gasteiger partial charge < -0.3 is 34.8 Å². The molecule has 334 valence electrons. The van der Waals surface area contributed by atoms with Gasteiger partial charge in [0.15, 0.2) is 6.10 Å². The summed E-state index contributed by atoms with van der Waals surface area (Å²) in [7, 11) is -4.70. The minimum atomic E-state index is -4.70. The molecule has 0 heterocycles. The number of aliphatic hydroxyl groups excluding tert-OH is 4. The third kappa shape index (κ3) is 28.1. The number of hydrogen-bond acceptors (Lipinski definition) is 12. The molecule has 1 fully saturated rings. The van der Waals surface area contributed by atoms with E-state index in [-0.39, 0.29) is 31.0 Å². The molecule has 0 aromatic rings. The molecule has 0 aromatic heterocycles. The van der Waals surface area contributed by atoms with Gasteiger partial charge in [-0.15, -0.1) is 0 Å². The van der Waals surface area contributed by atoms with E-state index >= 15 is 0 Å². The molecule has 13 nitrogen and oxygen atoms in total. The normalized spacial score (nSPS) is 20.1. The predicted octanol–water partition coefficient (Wildman–Crippen LogP) is 7.92. The molecule has 1 unspecified atom stereocenters. The Morgan fingerprint density at radius 2 is 1.38 bits per heavy atom. The Bertz CT molecular complexity index is 1270. The topological polar surface area (TPSA) is 206 Å². The lowest BCUT2D eigenvalue weighted by molar-refractivity contribution is -0.161. The van der Waals surface area contributed by atoms with Crippen molar-refractivity contribution in [2.75, 3.05) is 26.4 Å². The number of allylic oxidation sites excluding steroid dienone is 6. The molecule has 0 saturated heterocycles. The van der Waals surface area contributed by atoms with Crippen molar-refractivity contribution in [1.82, 2.24) is 0 Å². The number of unbranched alkanes of at least 4 members (excludes halogenated alkanes) is 11. The molecule has 1 rings (SSSR count). The fraction of sp³-hybridized carbons (Fsp3) is 0.750. The van der Waals surface area contributed by atoms with Gasteiger partial charge in [-0.2, -0.15) is 0 Å². The molecule has 1 aliphatic carbocycles. The van der Waals surface area contributed by atoms with Crippen molar-refractivity contribution in [3.63, 3.8) is 0 Å². The standard InChI is InChI=1S/C44H75O13P/c1-3-5-7-8-9-10-11-12-13-14-15-16-17-18-23-27-43(50)54-34-38(35-56-58(52,53)55-33-37(47)32-45)57-44(51)28-24-20-19-22-26-39-40(42(49)31-41(39)48)30-29-36(46)25-21-6-4-2/h9-10,12-13,19,22,29-30,36-40,42,45-47,49H,3-8,11,14-18,20-21,23-28,31-35H2,1-2H3,(H,52,53)/b10-9-,13-12-,22-19-,30-29+/t36-,37-,38+,39+,40+,42+/m0/s1. The highest BCUT2D eigenvalue weighted by Gasteiger charge is 2.39. The molecular formula is C44H75O13P. The molecule has 1 aliphatic rings. The van der Waals surface area contributed by atoms with E-state index in [0.29, 0.717) is 32.1 Å². The largest absolute Gasteiger partial charge is 0.472 e. The van der Waals surface area contributed by atoms with E-state index in [0.717, 1.165) is 64.2 Å². The molecular weight excluding hydrogens is 767 g/mol. The fourth-order valence-electron chi connectivity index (χ4n) is 6.36. The fourth-order valence-corrected chi connectivity index (χ4v) is 7.15. The highest BCUT2D eigenvalue weighted by atomic mass is 31.2. The van der Waals surface area contributed by atoms with Crippen LogP contribution in [0.1, 0.15) is 149 Å². The van der Waals surface area contributed by atoms with Gasteiger partial charge in [0.05, 0.1) is 32.0 Å². The molecule has 0 amide bonds. The Labute approximate surface area is 347 Å². The van der Waals surface area contributed by atoms with Crippen LogP contribution in [-0.4, -0.2) is 93.9 Å². The lowest BCUT2D eigenvalue weighted by Crippen LogP contribution is -2.29. The highest BCUT2D eigenvalue weighted by Crippen LogP contribution is 2.43. The van der Waals surface area contributed by atoms with Crippen LogP contribution in [0.2, 0.25) is 0 Å². The molecule has 14 heteroatoms. The van der Waals surface area contributed by atoms with Crippen molar-refractivity contribution in [1.29, 1.82) is 0 Å². The number of aliphatic hydroxyl groups is 4. The van der Waals surface area contributed by atoms with E-state index in [2.05, 4.69) is 42.7 Å². The molecule has 1 saturated carbocycles. The Hall–Kier alpha value is -2.48. The SMILES string of the molecule is CCCCC/C=C\C/C=C\CCCCCCCC(=O)OC[C@H](COP(=O)(O)OC[C@@H](O)CO)OC(=O)CCC/C=C\C[C@H]1C(=O)C[C@@H](O)[C@@H]1/C=C/[C@@H](O)CCCCC. The van der Waals surface area contributed by atoms with Crippen LogP contribution in [0.5, 0.6) is 0 Å². The van der Waals surface area contributed by atoms with Crippen LogP contribution >= 0.6 is 7.82 Å². The van der Waals surface area contributed by atoms with Gasteiger partial charge in [-0.1, -0.05) is 114 Å². The smallest absolute Gasteiger partial charge is 0.462 e. The van der Waals surface area contributed by atoms with Crippen LogP contribution < -0.4 is 0 Å². The Morgan fingerprint density at radius 3 is 2.09 bits per heavy atom. The van der Waals surface area contributed by atoms with Crippen LogP contribution in [0.15, 0.2) is 48.6 Å². The second kappa shape index (κ2) is 34.3. The van der Waals surface area contributed by atoms with Gasteiger partial charge in [0.1, 0.15) is 18.5 Å². The van der Waals surface area contributed by atoms with E-state index in [1.54, 1.807) is 12.2 Å². The van der Waals surface area contributed by atoms with Gasteiger partial charge in [-0.05, 0) is 64.2 Å². The molecule has 0 aromatic carbocycles. The maximum absolute atomic E-state index is 12.7. The van der Waals surface area contributed by atoms with Gasteiger partial charge in [0, 0.05) is 31.1 Å². The van der Waals surface area contributed by atoms with E-state index in [4.69, 9.17) is 19.1 Å². The zero-order valence-electron chi connectivity index (χ0n) is 35.2. The zero-order chi connectivity index (χ0) is 42.9. The quantitative estimate of drug-likeness (QED) is 0.0176. The zero-order valence-corrected chi connectivity index (χ0v) is 36.1. The summed E-state index contributed by atoms with van der Waals surface area (Å²) in [6.45, 7) is 1.91. The number of esters is 2. The summed E-state index contributed by atoms with van der Waals surface area (Å²) >= 11 is 0. The lowest BCUT2D eigenvalue weighted by atomic mass is 9.90. The lowest BCUT2D eigenvalue weighted by Gasteiger charge is -2.20. The van der Waals surface area contributed by atoms with Crippen molar-refractivity contribution in [2.24, 2.45) is 11.8 Å². The molecule has 7 atom stereocenters.